The van der Waals surface area contributed by atoms with Crippen LogP contribution >= 0.6 is 0 Å². The quantitative estimate of drug-likeness (QED) is 0.405. The summed E-state index contributed by atoms with van der Waals surface area (Å²) in [6, 6.07) is 0. The molecule has 1 aliphatic heterocycles. The minimum Gasteiger partial charge on any atom is -0.377 e. The van der Waals surface area contributed by atoms with Crippen molar-refractivity contribution in [1.82, 2.24) is 4.90 Å². The monoisotopic (exact) mass is 209 g/mol. The topological polar surface area (TPSA) is 37.4 Å². The average Bonchev–Trinajstić information content (AvgIpc) is 2.41. The molecule has 0 spiro atoms. The van der Waals surface area contributed by atoms with Crippen molar-refractivity contribution in [3.8, 4) is 0 Å². The van der Waals surface area contributed by atoms with E-state index in [1.165, 1.54) is 26.7 Å². The fourth-order valence-corrected chi connectivity index (χ4v) is 1.84. The molecule has 1 saturated heterocycles. The predicted molar refractivity (Wildman–Crippen MR) is 59.5 cm³/mol. The van der Waals surface area contributed by atoms with Crippen molar-refractivity contribution < 1.29 is 9.59 Å². The van der Waals surface area contributed by atoms with Crippen LogP contribution < -0.4 is 0 Å². The summed E-state index contributed by atoms with van der Waals surface area (Å²) in [5.41, 5.74) is 0.330. The number of hydrogen-bond donors (Lipinski definition) is 0. The van der Waals surface area contributed by atoms with Gasteiger partial charge in [-0.25, -0.2) is 0 Å². The second-order valence-corrected chi connectivity index (χ2v) is 4.11. The van der Waals surface area contributed by atoms with Crippen LogP contribution in [0.15, 0.2) is 11.8 Å². The van der Waals surface area contributed by atoms with E-state index >= 15 is 0 Å². The average molecular weight is 209 g/mol. The first-order valence-electron chi connectivity index (χ1n) is 5.59. The number of carbonyl (C=O) groups is 2. The maximum Gasteiger partial charge on any atom is 0.164 e. The van der Waals surface area contributed by atoms with E-state index < -0.39 is 0 Å². The number of Topliss-reactive ketones (excluding diaryl/α,β-unsaturated/α-hetero) is 2. The molecule has 1 aliphatic rings. The number of hydrogen-bond acceptors (Lipinski definition) is 3. The van der Waals surface area contributed by atoms with E-state index in [1.54, 1.807) is 6.20 Å². The molecule has 1 fully saturated rings. The van der Waals surface area contributed by atoms with E-state index in [4.69, 9.17) is 0 Å². The van der Waals surface area contributed by atoms with Gasteiger partial charge in [-0.15, -0.1) is 0 Å². The van der Waals surface area contributed by atoms with Gasteiger partial charge < -0.3 is 4.90 Å². The van der Waals surface area contributed by atoms with Crippen LogP contribution in [0, 0.1) is 0 Å². The molecule has 0 N–H and O–H groups in total. The fraction of sp³-hybridized carbons (Fsp3) is 0.667. The molecular weight excluding hydrogens is 190 g/mol. The molecule has 0 atom stereocenters. The fourth-order valence-electron chi connectivity index (χ4n) is 1.84. The largest absolute Gasteiger partial charge is 0.377 e. The molecular formula is C12H19NO2. The summed E-state index contributed by atoms with van der Waals surface area (Å²) in [7, 11) is 0. The minimum absolute atomic E-state index is 0.133. The van der Waals surface area contributed by atoms with Crippen molar-refractivity contribution in [3.05, 3.63) is 11.8 Å². The Morgan fingerprint density at radius 2 is 1.40 bits per heavy atom. The predicted octanol–water partition coefficient (Wildman–Crippen LogP) is 1.92. The third-order valence-electron chi connectivity index (χ3n) is 2.71. The number of nitrogens with zero attached hydrogens (tertiary/aromatic N) is 1. The van der Waals surface area contributed by atoms with Crippen LogP contribution in [0.3, 0.4) is 0 Å². The molecule has 0 aliphatic carbocycles. The molecule has 1 heterocycles. The summed E-state index contributed by atoms with van der Waals surface area (Å²) in [6.45, 7) is 4.82. The molecule has 0 bridgehead atoms. The molecule has 0 unspecified atom stereocenters. The smallest absolute Gasteiger partial charge is 0.164 e. The molecule has 15 heavy (non-hydrogen) atoms. The lowest BCUT2D eigenvalue weighted by Crippen LogP contribution is -2.21. The number of allylic oxidation sites excluding steroid dienone is 1. The van der Waals surface area contributed by atoms with Crippen LogP contribution in [-0.2, 0) is 9.59 Å². The molecule has 0 saturated carbocycles. The molecule has 84 valence electrons. The summed E-state index contributed by atoms with van der Waals surface area (Å²) < 4.78 is 0. The van der Waals surface area contributed by atoms with Gasteiger partial charge in [0.1, 0.15) is 0 Å². The molecule has 1 rings (SSSR count). The van der Waals surface area contributed by atoms with E-state index in [1.807, 2.05) is 0 Å². The zero-order valence-electron chi connectivity index (χ0n) is 9.58. The van der Waals surface area contributed by atoms with Crippen molar-refractivity contribution in [2.45, 2.75) is 39.5 Å². The molecule has 0 aromatic carbocycles. The molecule has 0 aromatic heterocycles. The first kappa shape index (κ1) is 12.0. The Balaban J connectivity index is 2.71. The van der Waals surface area contributed by atoms with Gasteiger partial charge in [-0.3, -0.25) is 9.59 Å². The lowest BCUT2D eigenvalue weighted by atomic mass is 10.1. The zero-order chi connectivity index (χ0) is 11.3. The Bertz CT molecular complexity index is 257. The third kappa shape index (κ3) is 3.86. The second kappa shape index (κ2) is 5.69. The minimum atomic E-state index is -0.133. The van der Waals surface area contributed by atoms with Gasteiger partial charge in [0, 0.05) is 19.3 Å². The van der Waals surface area contributed by atoms with Gasteiger partial charge in [-0.05, 0) is 26.7 Å². The second-order valence-electron chi connectivity index (χ2n) is 4.11. The van der Waals surface area contributed by atoms with Crippen molar-refractivity contribution in [2.75, 3.05) is 13.1 Å². The molecule has 0 radical (unpaired) electrons. The highest BCUT2D eigenvalue weighted by Gasteiger charge is 2.12. The van der Waals surface area contributed by atoms with Crippen LogP contribution in [0.5, 0.6) is 0 Å². The highest BCUT2D eigenvalue weighted by Crippen LogP contribution is 2.11. The van der Waals surface area contributed by atoms with Gasteiger partial charge >= 0.3 is 0 Å². The highest BCUT2D eigenvalue weighted by molar-refractivity contribution is 6.18. The Morgan fingerprint density at radius 1 is 0.933 bits per heavy atom. The van der Waals surface area contributed by atoms with Gasteiger partial charge in [0.05, 0.1) is 5.57 Å². The maximum absolute atomic E-state index is 11.2. The van der Waals surface area contributed by atoms with Crippen molar-refractivity contribution in [2.24, 2.45) is 0 Å². The summed E-state index contributed by atoms with van der Waals surface area (Å²) in [5.74, 6) is -0.265. The zero-order valence-corrected chi connectivity index (χ0v) is 9.58. The first-order chi connectivity index (χ1) is 7.11. The van der Waals surface area contributed by atoms with E-state index in [2.05, 4.69) is 4.90 Å². The summed E-state index contributed by atoms with van der Waals surface area (Å²) >= 11 is 0. The van der Waals surface area contributed by atoms with Crippen molar-refractivity contribution >= 4 is 11.6 Å². The van der Waals surface area contributed by atoms with Gasteiger partial charge in [0.2, 0.25) is 0 Å². The summed E-state index contributed by atoms with van der Waals surface area (Å²) in [4.78, 5) is 24.6. The highest BCUT2D eigenvalue weighted by atomic mass is 16.1. The number of carbonyl (C=O) groups excluding carboxylic acids is 2. The number of rotatable bonds is 3. The normalized spacial score (nSPS) is 16.8. The Morgan fingerprint density at radius 3 is 1.80 bits per heavy atom. The Kier molecular flexibility index (Phi) is 4.53. The van der Waals surface area contributed by atoms with E-state index in [-0.39, 0.29) is 11.6 Å². The third-order valence-corrected chi connectivity index (χ3v) is 2.71. The number of ketones is 2. The molecule has 3 nitrogen and oxygen atoms in total. The van der Waals surface area contributed by atoms with Gasteiger partial charge in [-0.2, -0.15) is 0 Å². The maximum atomic E-state index is 11.2. The van der Waals surface area contributed by atoms with E-state index in [0.717, 1.165) is 25.9 Å². The summed E-state index contributed by atoms with van der Waals surface area (Å²) in [5, 5.41) is 0. The Hall–Kier alpha value is -1.12. The van der Waals surface area contributed by atoms with Gasteiger partial charge in [0.25, 0.3) is 0 Å². The van der Waals surface area contributed by atoms with Crippen LogP contribution in [0.25, 0.3) is 0 Å². The van der Waals surface area contributed by atoms with Crippen molar-refractivity contribution in [3.63, 3.8) is 0 Å². The van der Waals surface area contributed by atoms with Gasteiger partial charge in [0.15, 0.2) is 11.6 Å². The molecule has 0 aromatic rings. The lowest BCUT2D eigenvalue weighted by Gasteiger charge is -2.18. The van der Waals surface area contributed by atoms with Gasteiger partial charge in [-0.1, -0.05) is 12.8 Å². The molecule has 3 heteroatoms. The number of likely N-dealkylation sites (tertiary alicyclic amines) is 1. The van der Waals surface area contributed by atoms with E-state index in [0.29, 0.717) is 5.57 Å². The lowest BCUT2D eigenvalue weighted by molar-refractivity contribution is -0.119. The van der Waals surface area contributed by atoms with Crippen molar-refractivity contribution in [1.29, 1.82) is 0 Å². The SMILES string of the molecule is CC(=O)C(=CN1CCCCCC1)C(C)=O. The summed E-state index contributed by atoms with van der Waals surface area (Å²) in [6.07, 6.45) is 6.55. The van der Waals surface area contributed by atoms with Crippen LogP contribution in [0.2, 0.25) is 0 Å². The standard InChI is InChI=1S/C12H19NO2/c1-10(14)12(11(2)15)9-13-7-5-3-4-6-8-13/h9H,3-8H2,1-2H3. The first-order valence-corrected chi connectivity index (χ1v) is 5.59. The van der Waals surface area contributed by atoms with E-state index in [9.17, 15) is 9.59 Å². The van der Waals surface area contributed by atoms with Crippen LogP contribution in [-0.4, -0.2) is 29.6 Å². The van der Waals surface area contributed by atoms with Crippen LogP contribution in [0.4, 0.5) is 0 Å². The molecule has 0 amide bonds. The Labute approximate surface area is 91.1 Å². The van der Waals surface area contributed by atoms with Crippen LogP contribution in [0.1, 0.15) is 39.5 Å².